The van der Waals surface area contributed by atoms with E-state index in [2.05, 4.69) is 48.5 Å². The van der Waals surface area contributed by atoms with E-state index in [1.54, 1.807) is 0 Å². The maximum Gasteiger partial charge on any atom is 0.0487 e. The third kappa shape index (κ3) is 6.22. The molecular weight excluding hydrogens is 220 g/mol. The first-order valence-electron chi connectivity index (χ1n) is 8.09. The van der Waals surface area contributed by atoms with Crippen molar-refractivity contribution in [1.82, 2.24) is 0 Å². The van der Waals surface area contributed by atoms with Crippen LogP contribution in [0.4, 0.5) is 0 Å². The second-order valence-electron chi connectivity index (χ2n) is 5.63. The molecule has 0 saturated carbocycles. The summed E-state index contributed by atoms with van der Waals surface area (Å²) in [4.78, 5) is 0. The Bertz CT molecular complexity index is 111. The van der Waals surface area contributed by atoms with E-state index in [1.165, 1.54) is 25.7 Å². The highest BCUT2D eigenvalue weighted by Crippen LogP contribution is 2.33. The van der Waals surface area contributed by atoms with E-state index in [0.717, 1.165) is 19.3 Å². The van der Waals surface area contributed by atoms with Gasteiger partial charge in [0, 0.05) is 6.61 Å². The van der Waals surface area contributed by atoms with E-state index in [0.29, 0.717) is 12.0 Å². The lowest BCUT2D eigenvalue weighted by Gasteiger charge is -2.28. The van der Waals surface area contributed by atoms with Gasteiger partial charge >= 0.3 is 0 Å². The zero-order chi connectivity index (χ0) is 14.7. The highest BCUT2D eigenvalue weighted by molar-refractivity contribution is 4.73. The Balaban J connectivity index is 0. The lowest BCUT2D eigenvalue weighted by molar-refractivity contribution is 0.111. The second kappa shape index (κ2) is 10.8. The quantitative estimate of drug-likeness (QED) is 0.582. The van der Waals surface area contributed by atoms with Gasteiger partial charge in [-0.2, -0.15) is 0 Å². The predicted molar refractivity (Wildman–Crippen MR) is 84.0 cm³/mol. The molecule has 1 heteroatoms. The molecule has 112 valence electrons. The number of rotatable bonds is 8. The first-order valence-corrected chi connectivity index (χ1v) is 8.09. The summed E-state index contributed by atoms with van der Waals surface area (Å²) in [7, 11) is 0. The fraction of sp³-hybridized carbons (Fsp3) is 1.00. The topological polar surface area (TPSA) is 20.2 Å². The zero-order valence-corrected chi connectivity index (χ0v) is 14.1. The maximum absolute atomic E-state index is 8.98. The lowest BCUT2D eigenvalue weighted by Crippen LogP contribution is -2.22. The molecule has 0 atom stereocenters. The molecule has 0 aliphatic carbocycles. The van der Waals surface area contributed by atoms with Crippen LogP contribution >= 0.6 is 0 Å². The van der Waals surface area contributed by atoms with Gasteiger partial charge in [-0.1, -0.05) is 74.1 Å². The Morgan fingerprint density at radius 1 is 0.500 bits per heavy atom. The highest BCUT2D eigenvalue weighted by Gasteiger charge is 2.21. The summed E-state index contributed by atoms with van der Waals surface area (Å²) < 4.78 is 0. The van der Waals surface area contributed by atoms with E-state index in [4.69, 9.17) is 5.11 Å². The third-order valence-electron chi connectivity index (χ3n) is 5.59. The minimum atomic E-state index is 0.222. The van der Waals surface area contributed by atoms with Gasteiger partial charge in [0.2, 0.25) is 0 Å². The Morgan fingerprint density at radius 3 is 0.722 bits per heavy atom. The first-order chi connectivity index (χ1) is 8.49. The molecule has 0 aliphatic rings. The first kappa shape index (κ1) is 20.3. The Hall–Kier alpha value is -0.0400. The van der Waals surface area contributed by atoms with Gasteiger partial charge in [-0.15, -0.1) is 0 Å². The minimum Gasteiger partial charge on any atom is -0.396 e. The van der Waals surface area contributed by atoms with Crippen molar-refractivity contribution in [3.8, 4) is 0 Å². The van der Waals surface area contributed by atoms with Gasteiger partial charge in [0.05, 0.1) is 0 Å². The molecule has 18 heavy (non-hydrogen) atoms. The summed E-state index contributed by atoms with van der Waals surface area (Å²) >= 11 is 0. The molecule has 0 rings (SSSR count). The maximum atomic E-state index is 8.98. The van der Waals surface area contributed by atoms with E-state index < -0.39 is 0 Å². The van der Waals surface area contributed by atoms with Crippen molar-refractivity contribution in [2.24, 2.45) is 10.8 Å². The molecule has 0 heterocycles. The molecule has 0 saturated heterocycles. The van der Waals surface area contributed by atoms with Crippen LogP contribution in [0.1, 0.15) is 93.4 Å². The highest BCUT2D eigenvalue weighted by atomic mass is 16.3. The van der Waals surface area contributed by atoms with Gasteiger partial charge < -0.3 is 5.11 Å². The van der Waals surface area contributed by atoms with Crippen LogP contribution in [0.3, 0.4) is 0 Å². The Morgan fingerprint density at radius 2 is 0.722 bits per heavy atom. The van der Waals surface area contributed by atoms with Crippen LogP contribution < -0.4 is 0 Å². The fourth-order valence-electron chi connectivity index (χ4n) is 2.59. The lowest BCUT2D eigenvalue weighted by atomic mass is 9.78. The summed E-state index contributed by atoms with van der Waals surface area (Å²) in [6.45, 7) is 16.0. The molecule has 0 aromatic heterocycles. The van der Waals surface area contributed by atoms with Crippen molar-refractivity contribution >= 4 is 0 Å². The van der Waals surface area contributed by atoms with Crippen molar-refractivity contribution in [3.63, 3.8) is 0 Å². The largest absolute Gasteiger partial charge is 0.396 e. The molecule has 0 amide bonds. The predicted octanol–water partition coefficient (Wildman–Crippen LogP) is 5.81. The molecule has 1 N–H and O–H groups in total. The summed E-state index contributed by atoms with van der Waals surface area (Å²) in [5.41, 5.74) is 0.889. The summed E-state index contributed by atoms with van der Waals surface area (Å²) in [6.07, 6.45) is 8.66. The number of hydrogen-bond acceptors (Lipinski definition) is 1. The van der Waals surface area contributed by atoms with Crippen molar-refractivity contribution in [2.45, 2.75) is 93.4 Å². The van der Waals surface area contributed by atoms with Crippen molar-refractivity contribution in [3.05, 3.63) is 0 Å². The Labute approximate surface area is 116 Å². The van der Waals surface area contributed by atoms with Crippen LogP contribution in [-0.2, 0) is 0 Å². The molecular formula is C17H38O. The van der Waals surface area contributed by atoms with Gasteiger partial charge in [-0.05, 0) is 30.1 Å². The van der Waals surface area contributed by atoms with E-state index >= 15 is 0 Å². The SMILES string of the molecule is CCC(CC)(CC)CC.CCC(CC)(CC)CO. The van der Waals surface area contributed by atoms with Crippen LogP contribution in [0.25, 0.3) is 0 Å². The van der Waals surface area contributed by atoms with Gasteiger partial charge in [0.1, 0.15) is 0 Å². The Kier molecular flexibility index (Phi) is 12.2. The molecule has 0 aromatic rings. The molecule has 0 radical (unpaired) electrons. The average Bonchev–Trinajstić information content (AvgIpc) is 2.46. The molecule has 0 unspecified atom stereocenters. The molecule has 0 spiro atoms. The zero-order valence-electron chi connectivity index (χ0n) is 14.1. The average molecular weight is 258 g/mol. The normalized spacial score (nSPS) is 12.0. The molecule has 0 bridgehead atoms. The van der Waals surface area contributed by atoms with Gasteiger partial charge in [0.15, 0.2) is 0 Å². The summed E-state index contributed by atoms with van der Waals surface area (Å²) in [5, 5.41) is 8.98. The smallest absolute Gasteiger partial charge is 0.0487 e. The minimum absolute atomic E-state index is 0.222. The van der Waals surface area contributed by atoms with Crippen molar-refractivity contribution in [2.75, 3.05) is 6.61 Å². The van der Waals surface area contributed by atoms with Crippen LogP contribution in [0.2, 0.25) is 0 Å². The van der Waals surface area contributed by atoms with Crippen LogP contribution in [0.5, 0.6) is 0 Å². The van der Waals surface area contributed by atoms with E-state index in [-0.39, 0.29) is 5.41 Å². The number of aliphatic hydroxyl groups excluding tert-OH is 1. The summed E-state index contributed by atoms with van der Waals surface area (Å²) in [6, 6.07) is 0. The standard InChI is InChI=1S/C9H20.C8H18O/c1-5-9(6-2,7-3)8-4;1-4-8(5-2,6-3)7-9/h5-8H2,1-4H3;9H,4-7H2,1-3H3. The molecule has 1 nitrogen and oxygen atoms in total. The van der Waals surface area contributed by atoms with Gasteiger partial charge in [-0.25, -0.2) is 0 Å². The monoisotopic (exact) mass is 258 g/mol. The van der Waals surface area contributed by atoms with Crippen LogP contribution in [0.15, 0.2) is 0 Å². The van der Waals surface area contributed by atoms with Crippen molar-refractivity contribution in [1.29, 1.82) is 0 Å². The van der Waals surface area contributed by atoms with Crippen LogP contribution in [0, 0.1) is 10.8 Å². The number of aliphatic hydroxyl groups is 1. The third-order valence-corrected chi connectivity index (χ3v) is 5.59. The van der Waals surface area contributed by atoms with Crippen molar-refractivity contribution < 1.29 is 5.11 Å². The van der Waals surface area contributed by atoms with E-state index in [1.807, 2.05) is 0 Å². The van der Waals surface area contributed by atoms with Crippen LogP contribution in [-0.4, -0.2) is 11.7 Å². The molecule has 0 fully saturated rings. The molecule has 0 aromatic carbocycles. The second-order valence-corrected chi connectivity index (χ2v) is 5.63. The summed E-state index contributed by atoms with van der Waals surface area (Å²) in [5.74, 6) is 0. The van der Waals surface area contributed by atoms with E-state index in [9.17, 15) is 0 Å². The van der Waals surface area contributed by atoms with Gasteiger partial charge in [0.25, 0.3) is 0 Å². The number of hydrogen-bond donors (Lipinski definition) is 1. The van der Waals surface area contributed by atoms with Gasteiger partial charge in [-0.3, -0.25) is 0 Å². The fourth-order valence-corrected chi connectivity index (χ4v) is 2.59. The molecule has 0 aliphatic heterocycles.